The summed E-state index contributed by atoms with van der Waals surface area (Å²) in [5.41, 5.74) is 10.6. The predicted octanol–water partition coefficient (Wildman–Crippen LogP) is -0.833. The summed E-state index contributed by atoms with van der Waals surface area (Å²) in [6.07, 6.45) is 1.60. The molecule has 0 radical (unpaired) electrons. The molecule has 0 atom stereocenters. The van der Waals surface area contributed by atoms with E-state index in [9.17, 15) is 4.79 Å². The summed E-state index contributed by atoms with van der Waals surface area (Å²) >= 11 is 0. The van der Waals surface area contributed by atoms with Gasteiger partial charge in [-0.3, -0.25) is 0 Å². The molecule has 6 nitrogen and oxygen atoms in total. The van der Waals surface area contributed by atoms with Gasteiger partial charge in [0.2, 0.25) is 11.9 Å². The monoisotopic (exact) mass is 167 g/mol. The van der Waals surface area contributed by atoms with Crippen LogP contribution in [-0.4, -0.2) is 21.2 Å². The van der Waals surface area contributed by atoms with Crippen molar-refractivity contribution in [2.24, 2.45) is 0 Å². The molecule has 0 aliphatic rings. The van der Waals surface area contributed by atoms with E-state index < -0.39 is 0 Å². The number of carbonyl (C=O) groups excluding carboxylic acids is 1. The van der Waals surface area contributed by atoms with Crippen molar-refractivity contribution < 1.29 is 4.79 Å². The Bertz CT molecular complexity index is 267. The van der Waals surface area contributed by atoms with E-state index in [0.29, 0.717) is 18.7 Å². The van der Waals surface area contributed by atoms with Crippen LogP contribution in [0.4, 0.5) is 11.9 Å². The highest BCUT2D eigenvalue weighted by atomic mass is 16.1. The molecule has 0 aliphatic carbocycles. The molecule has 1 aromatic heterocycles. The third-order valence-electron chi connectivity index (χ3n) is 1.20. The average molecular weight is 167 g/mol. The third-order valence-corrected chi connectivity index (χ3v) is 1.20. The summed E-state index contributed by atoms with van der Waals surface area (Å²) in [5.74, 6) is 0.624. The highest BCUT2D eigenvalue weighted by Gasteiger charge is 2.00. The molecule has 0 aromatic carbocycles. The van der Waals surface area contributed by atoms with Gasteiger partial charge >= 0.3 is 0 Å². The van der Waals surface area contributed by atoms with E-state index in [0.717, 1.165) is 6.29 Å². The maximum Gasteiger partial charge on any atom is 0.225 e. The molecule has 0 saturated heterocycles. The van der Waals surface area contributed by atoms with E-state index in [4.69, 9.17) is 11.5 Å². The second-order valence-corrected chi connectivity index (χ2v) is 2.17. The summed E-state index contributed by atoms with van der Waals surface area (Å²) in [4.78, 5) is 21.2. The Balaban J connectivity index is 2.78. The maximum absolute atomic E-state index is 10.0. The molecular formula is C6H9N5O. The van der Waals surface area contributed by atoms with Crippen molar-refractivity contribution in [1.29, 1.82) is 0 Å². The Kier molecular flexibility index (Phi) is 2.52. The van der Waals surface area contributed by atoms with E-state index in [2.05, 4.69) is 15.0 Å². The first kappa shape index (κ1) is 8.38. The van der Waals surface area contributed by atoms with Gasteiger partial charge in [-0.05, 0) is 0 Å². The Labute approximate surface area is 69.0 Å². The molecule has 0 fully saturated rings. The van der Waals surface area contributed by atoms with Gasteiger partial charge in [0.15, 0.2) is 0 Å². The van der Waals surface area contributed by atoms with Gasteiger partial charge in [-0.2, -0.15) is 15.0 Å². The van der Waals surface area contributed by atoms with Crippen LogP contribution in [0, 0.1) is 0 Å². The standard InChI is InChI=1S/C6H9N5O/c7-5-9-4(2-1-3-12)10-6(8)11-5/h3H,1-2H2,(H4,7,8,9,10,11). The number of aromatic nitrogens is 3. The van der Waals surface area contributed by atoms with Crippen LogP contribution in [0.15, 0.2) is 0 Å². The van der Waals surface area contributed by atoms with Crippen molar-refractivity contribution in [2.45, 2.75) is 12.8 Å². The number of nitrogens with two attached hydrogens (primary N) is 2. The highest BCUT2D eigenvalue weighted by molar-refractivity contribution is 5.49. The van der Waals surface area contributed by atoms with Crippen LogP contribution in [0.1, 0.15) is 12.2 Å². The number of nitrogens with zero attached hydrogens (tertiary/aromatic N) is 3. The van der Waals surface area contributed by atoms with Crippen molar-refractivity contribution >= 4 is 18.2 Å². The summed E-state index contributed by atoms with van der Waals surface area (Å²) in [7, 11) is 0. The van der Waals surface area contributed by atoms with Crippen LogP contribution in [0.3, 0.4) is 0 Å². The molecule has 6 heteroatoms. The molecule has 0 aliphatic heterocycles. The largest absolute Gasteiger partial charge is 0.368 e. The van der Waals surface area contributed by atoms with E-state index in [1.807, 2.05) is 0 Å². The fraction of sp³-hybridized carbons (Fsp3) is 0.333. The number of hydrogen-bond donors (Lipinski definition) is 2. The molecule has 1 heterocycles. The Hall–Kier alpha value is -1.72. The molecule has 0 bridgehead atoms. The fourth-order valence-corrected chi connectivity index (χ4v) is 0.757. The van der Waals surface area contributed by atoms with Crippen LogP contribution in [-0.2, 0) is 11.2 Å². The van der Waals surface area contributed by atoms with Gasteiger partial charge in [-0.25, -0.2) is 0 Å². The van der Waals surface area contributed by atoms with Crippen LogP contribution < -0.4 is 11.5 Å². The molecule has 0 spiro atoms. The number of carbonyl (C=O) groups is 1. The fourth-order valence-electron chi connectivity index (χ4n) is 0.757. The summed E-state index contributed by atoms with van der Waals surface area (Å²) in [6, 6.07) is 0. The Morgan fingerprint density at radius 2 is 1.75 bits per heavy atom. The van der Waals surface area contributed by atoms with Gasteiger partial charge in [-0.1, -0.05) is 0 Å². The number of aldehydes is 1. The molecule has 1 aromatic rings. The lowest BCUT2D eigenvalue weighted by atomic mass is 10.3. The van der Waals surface area contributed by atoms with Crippen molar-refractivity contribution in [1.82, 2.24) is 15.0 Å². The number of hydrogen-bond acceptors (Lipinski definition) is 6. The summed E-state index contributed by atoms with van der Waals surface area (Å²) in [5, 5.41) is 0. The first-order valence-corrected chi connectivity index (χ1v) is 3.42. The van der Waals surface area contributed by atoms with Crippen molar-refractivity contribution in [3.8, 4) is 0 Å². The third kappa shape index (κ3) is 2.15. The lowest BCUT2D eigenvalue weighted by Gasteiger charge is -1.98. The molecule has 0 unspecified atom stereocenters. The zero-order chi connectivity index (χ0) is 8.97. The Morgan fingerprint density at radius 1 is 1.17 bits per heavy atom. The first-order valence-electron chi connectivity index (χ1n) is 3.42. The SMILES string of the molecule is Nc1nc(N)nc(CCC=O)n1. The van der Waals surface area contributed by atoms with E-state index in [1.165, 1.54) is 0 Å². The molecule has 4 N–H and O–H groups in total. The zero-order valence-electron chi connectivity index (χ0n) is 6.40. The van der Waals surface area contributed by atoms with Gasteiger partial charge < -0.3 is 16.3 Å². The number of anilines is 2. The number of rotatable bonds is 3. The van der Waals surface area contributed by atoms with Crippen LogP contribution in [0.25, 0.3) is 0 Å². The topological polar surface area (TPSA) is 108 Å². The second kappa shape index (κ2) is 3.61. The molecule has 1 rings (SSSR count). The van der Waals surface area contributed by atoms with E-state index >= 15 is 0 Å². The Morgan fingerprint density at radius 3 is 2.25 bits per heavy atom. The molecule has 64 valence electrons. The maximum atomic E-state index is 10.0. The number of aryl methyl sites for hydroxylation is 1. The molecule has 0 amide bonds. The van der Waals surface area contributed by atoms with Gasteiger partial charge in [0.05, 0.1) is 0 Å². The molecule has 0 saturated carbocycles. The predicted molar refractivity (Wildman–Crippen MR) is 43.0 cm³/mol. The summed E-state index contributed by atoms with van der Waals surface area (Å²) < 4.78 is 0. The highest BCUT2D eigenvalue weighted by Crippen LogP contribution is 1.99. The normalized spacial score (nSPS) is 9.67. The van der Waals surface area contributed by atoms with Crippen LogP contribution >= 0.6 is 0 Å². The second-order valence-electron chi connectivity index (χ2n) is 2.17. The first-order chi connectivity index (χ1) is 5.72. The van der Waals surface area contributed by atoms with E-state index in [-0.39, 0.29) is 11.9 Å². The van der Waals surface area contributed by atoms with Gasteiger partial charge in [0, 0.05) is 12.8 Å². The smallest absolute Gasteiger partial charge is 0.225 e. The zero-order valence-corrected chi connectivity index (χ0v) is 6.40. The van der Waals surface area contributed by atoms with Crippen molar-refractivity contribution in [3.05, 3.63) is 5.82 Å². The lowest BCUT2D eigenvalue weighted by molar-refractivity contribution is -0.107. The van der Waals surface area contributed by atoms with E-state index in [1.54, 1.807) is 0 Å². The molecule has 12 heavy (non-hydrogen) atoms. The minimum atomic E-state index is 0.0865. The minimum absolute atomic E-state index is 0.0865. The van der Waals surface area contributed by atoms with Crippen molar-refractivity contribution in [2.75, 3.05) is 11.5 Å². The van der Waals surface area contributed by atoms with Gasteiger partial charge in [-0.15, -0.1) is 0 Å². The van der Waals surface area contributed by atoms with Gasteiger partial charge in [0.1, 0.15) is 12.1 Å². The van der Waals surface area contributed by atoms with Crippen LogP contribution in [0.5, 0.6) is 0 Å². The summed E-state index contributed by atoms with van der Waals surface area (Å²) in [6.45, 7) is 0. The van der Waals surface area contributed by atoms with Gasteiger partial charge in [0.25, 0.3) is 0 Å². The molecular weight excluding hydrogens is 158 g/mol. The average Bonchev–Trinajstić information content (AvgIpc) is 1.99. The minimum Gasteiger partial charge on any atom is -0.368 e. The van der Waals surface area contributed by atoms with Crippen LogP contribution in [0.2, 0.25) is 0 Å². The quantitative estimate of drug-likeness (QED) is 0.568. The number of nitrogen functional groups attached to an aromatic ring is 2. The van der Waals surface area contributed by atoms with Crippen molar-refractivity contribution in [3.63, 3.8) is 0 Å². The lowest BCUT2D eigenvalue weighted by Crippen LogP contribution is -2.06.